The molecule has 0 radical (unpaired) electrons. The van der Waals surface area contributed by atoms with E-state index < -0.39 is 0 Å². The lowest BCUT2D eigenvalue weighted by molar-refractivity contribution is 0.0398. The Bertz CT molecular complexity index is 720. The molecule has 1 atom stereocenters. The summed E-state index contributed by atoms with van der Waals surface area (Å²) < 4.78 is 5.40. The average Bonchev–Trinajstić information content (AvgIpc) is 2.73. The van der Waals surface area contributed by atoms with Crippen LogP contribution in [0.15, 0.2) is 36.4 Å². The Kier molecular flexibility index (Phi) is 7.59. The van der Waals surface area contributed by atoms with Gasteiger partial charge >= 0.3 is 0 Å². The number of morpholine rings is 1. The van der Waals surface area contributed by atoms with Gasteiger partial charge in [0.2, 0.25) is 5.95 Å². The summed E-state index contributed by atoms with van der Waals surface area (Å²) in [5.74, 6) is 1.58. The van der Waals surface area contributed by atoms with Gasteiger partial charge in [0.25, 0.3) is 0 Å². The number of hydrogen-bond donors (Lipinski definition) is 3. The van der Waals surface area contributed by atoms with Gasteiger partial charge in [-0.05, 0) is 5.92 Å². The molecule has 3 N–H and O–H groups in total. The molecule has 1 aromatic carbocycles. The predicted octanol–water partition coefficient (Wildman–Crippen LogP) is 2.32. The van der Waals surface area contributed by atoms with Crippen LogP contribution in [0.3, 0.4) is 0 Å². The molecule has 0 spiro atoms. The topological polar surface area (TPSA) is 82.5 Å². The van der Waals surface area contributed by atoms with Crippen molar-refractivity contribution in [2.75, 3.05) is 56.6 Å². The number of aliphatic hydroxyl groups is 1. The zero-order valence-electron chi connectivity index (χ0n) is 16.8. The Labute approximate surface area is 167 Å². The highest BCUT2D eigenvalue weighted by molar-refractivity contribution is 5.64. The van der Waals surface area contributed by atoms with Crippen LogP contribution >= 0.6 is 0 Å². The van der Waals surface area contributed by atoms with Crippen molar-refractivity contribution in [2.24, 2.45) is 5.92 Å². The van der Waals surface area contributed by atoms with Crippen LogP contribution in [0.4, 0.5) is 11.8 Å². The molecule has 1 fully saturated rings. The van der Waals surface area contributed by atoms with Crippen LogP contribution in [0, 0.1) is 5.92 Å². The van der Waals surface area contributed by atoms with Crippen molar-refractivity contribution in [3.8, 4) is 11.3 Å². The van der Waals surface area contributed by atoms with E-state index in [2.05, 4.69) is 39.3 Å². The van der Waals surface area contributed by atoms with Crippen LogP contribution < -0.4 is 10.6 Å². The molecule has 0 unspecified atom stereocenters. The van der Waals surface area contributed by atoms with E-state index in [1.54, 1.807) is 0 Å². The summed E-state index contributed by atoms with van der Waals surface area (Å²) in [6.07, 6.45) is 0. The van der Waals surface area contributed by atoms with E-state index in [1.807, 2.05) is 36.4 Å². The molecule has 28 heavy (non-hydrogen) atoms. The van der Waals surface area contributed by atoms with Gasteiger partial charge in [0.05, 0.1) is 31.6 Å². The third-order valence-corrected chi connectivity index (χ3v) is 4.95. The Balaban J connectivity index is 1.74. The van der Waals surface area contributed by atoms with Crippen molar-refractivity contribution in [1.29, 1.82) is 0 Å². The average molecular weight is 386 g/mol. The minimum absolute atomic E-state index is 0.0381. The summed E-state index contributed by atoms with van der Waals surface area (Å²) in [4.78, 5) is 11.7. The van der Waals surface area contributed by atoms with Crippen LogP contribution in [-0.2, 0) is 4.74 Å². The van der Waals surface area contributed by atoms with E-state index in [4.69, 9.17) is 4.74 Å². The van der Waals surface area contributed by atoms with Crippen molar-refractivity contribution in [3.63, 3.8) is 0 Å². The molecule has 2 aromatic rings. The summed E-state index contributed by atoms with van der Waals surface area (Å²) in [6, 6.07) is 12.0. The minimum Gasteiger partial charge on any atom is -0.394 e. The minimum atomic E-state index is -0.0905. The number of aromatic nitrogens is 2. The van der Waals surface area contributed by atoms with Gasteiger partial charge in [-0.3, -0.25) is 4.90 Å². The Morgan fingerprint density at radius 1 is 1.14 bits per heavy atom. The Morgan fingerprint density at radius 3 is 2.57 bits per heavy atom. The van der Waals surface area contributed by atoms with E-state index in [0.717, 1.165) is 56.5 Å². The maximum absolute atomic E-state index is 9.65. The second-order valence-corrected chi connectivity index (χ2v) is 7.39. The van der Waals surface area contributed by atoms with Crippen LogP contribution in [0.5, 0.6) is 0 Å². The van der Waals surface area contributed by atoms with Gasteiger partial charge in [-0.15, -0.1) is 0 Å². The summed E-state index contributed by atoms with van der Waals surface area (Å²) in [6.45, 7) is 9.47. The van der Waals surface area contributed by atoms with Crippen molar-refractivity contribution < 1.29 is 9.84 Å². The first-order valence-electron chi connectivity index (χ1n) is 10.0. The lowest BCUT2D eigenvalue weighted by atomic mass is 10.1. The number of nitrogens with zero attached hydrogens (tertiary/aromatic N) is 3. The van der Waals surface area contributed by atoms with Crippen LogP contribution in [-0.4, -0.2) is 72.0 Å². The van der Waals surface area contributed by atoms with Crippen LogP contribution in [0.1, 0.15) is 13.8 Å². The molecule has 0 saturated carbocycles. The van der Waals surface area contributed by atoms with Gasteiger partial charge in [-0.25, -0.2) is 4.98 Å². The molecule has 1 aliphatic heterocycles. The third kappa shape index (κ3) is 5.89. The molecule has 1 aliphatic rings. The lowest BCUT2D eigenvalue weighted by Gasteiger charge is -2.26. The second kappa shape index (κ2) is 10.4. The Morgan fingerprint density at radius 2 is 1.89 bits per heavy atom. The molecular formula is C21H31N5O2. The third-order valence-electron chi connectivity index (χ3n) is 4.95. The highest BCUT2D eigenvalue weighted by Crippen LogP contribution is 2.22. The summed E-state index contributed by atoms with van der Waals surface area (Å²) >= 11 is 0. The van der Waals surface area contributed by atoms with E-state index >= 15 is 0 Å². The lowest BCUT2D eigenvalue weighted by Crippen LogP contribution is -2.39. The molecule has 0 amide bonds. The maximum atomic E-state index is 9.65. The molecule has 1 saturated heterocycles. The molecule has 0 aliphatic carbocycles. The molecule has 152 valence electrons. The fourth-order valence-corrected chi connectivity index (χ4v) is 3.11. The van der Waals surface area contributed by atoms with E-state index in [-0.39, 0.29) is 18.6 Å². The molecule has 0 bridgehead atoms. The summed E-state index contributed by atoms with van der Waals surface area (Å²) in [5.41, 5.74) is 1.89. The van der Waals surface area contributed by atoms with Gasteiger partial charge in [-0.2, -0.15) is 4.98 Å². The van der Waals surface area contributed by atoms with Crippen molar-refractivity contribution in [1.82, 2.24) is 14.9 Å². The number of ether oxygens (including phenoxy) is 1. The van der Waals surface area contributed by atoms with Gasteiger partial charge in [0, 0.05) is 37.8 Å². The number of nitrogens with one attached hydrogen (secondary N) is 2. The molecule has 7 nitrogen and oxygen atoms in total. The normalized spacial score (nSPS) is 16.1. The number of rotatable bonds is 9. The first-order chi connectivity index (χ1) is 13.7. The summed E-state index contributed by atoms with van der Waals surface area (Å²) in [5, 5.41) is 16.4. The standard InChI is InChI=1S/C21H31N5O2/c1-16(2)19(15-27)24-21-23-18(17-6-4-3-5-7-17)14-20(25-21)22-8-9-26-10-12-28-13-11-26/h3-7,14,16,19,27H,8-13,15H2,1-2H3,(H2,22,23,24,25)/t19-/m1/s1. The molecular weight excluding hydrogens is 354 g/mol. The van der Waals surface area contributed by atoms with Crippen molar-refractivity contribution >= 4 is 11.8 Å². The van der Waals surface area contributed by atoms with Gasteiger partial charge < -0.3 is 20.5 Å². The largest absolute Gasteiger partial charge is 0.394 e. The fraction of sp³-hybridized carbons (Fsp3) is 0.524. The zero-order chi connectivity index (χ0) is 19.8. The highest BCUT2D eigenvalue weighted by Gasteiger charge is 2.15. The first kappa shape index (κ1) is 20.5. The van der Waals surface area contributed by atoms with E-state index in [0.29, 0.717) is 5.95 Å². The van der Waals surface area contributed by atoms with E-state index in [9.17, 15) is 5.11 Å². The van der Waals surface area contributed by atoms with Gasteiger partial charge in [0.15, 0.2) is 0 Å². The molecule has 1 aromatic heterocycles. The highest BCUT2D eigenvalue weighted by atomic mass is 16.5. The van der Waals surface area contributed by atoms with Gasteiger partial charge in [-0.1, -0.05) is 44.2 Å². The van der Waals surface area contributed by atoms with Gasteiger partial charge in [0.1, 0.15) is 5.82 Å². The second-order valence-electron chi connectivity index (χ2n) is 7.39. The van der Waals surface area contributed by atoms with Crippen LogP contribution in [0.25, 0.3) is 11.3 Å². The molecule has 7 heteroatoms. The number of hydrogen-bond acceptors (Lipinski definition) is 7. The SMILES string of the molecule is CC(C)[C@@H](CO)Nc1nc(NCCN2CCOCC2)cc(-c2ccccc2)n1. The fourth-order valence-electron chi connectivity index (χ4n) is 3.11. The number of anilines is 2. The summed E-state index contributed by atoms with van der Waals surface area (Å²) in [7, 11) is 0. The quantitative estimate of drug-likeness (QED) is 0.611. The monoisotopic (exact) mass is 385 g/mol. The zero-order valence-corrected chi connectivity index (χ0v) is 16.8. The van der Waals surface area contributed by atoms with Crippen molar-refractivity contribution in [2.45, 2.75) is 19.9 Å². The molecule has 3 rings (SSSR count). The maximum Gasteiger partial charge on any atom is 0.225 e. The predicted molar refractivity (Wildman–Crippen MR) is 113 cm³/mol. The molecule has 2 heterocycles. The first-order valence-corrected chi connectivity index (χ1v) is 10.0. The Hall–Kier alpha value is -2.22. The number of benzene rings is 1. The van der Waals surface area contributed by atoms with E-state index in [1.165, 1.54) is 0 Å². The smallest absolute Gasteiger partial charge is 0.225 e. The number of aliphatic hydroxyl groups excluding tert-OH is 1. The van der Waals surface area contributed by atoms with Crippen LogP contribution in [0.2, 0.25) is 0 Å². The van der Waals surface area contributed by atoms with Crippen molar-refractivity contribution in [3.05, 3.63) is 36.4 Å².